The van der Waals surface area contributed by atoms with E-state index < -0.39 is 0 Å². The van der Waals surface area contributed by atoms with Crippen molar-refractivity contribution < 1.29 is 4.79 Å². The minimum Gasteiger partial charge on any atom is -0.326 e. The number of hydrogen-bond acceptors (Lipinski definition) is 2. The monoisotopic (exact) mass is 344 g/mol. The van der Waals surface area contributed by atoms with Crippen molar-refractivity contribution in [3.05, 3.63) is 63.6 Å². The molecule has 0 aliphatic carbocycles. The van der Waals surface area contributed by atoms with E-state index in [2.05, 4.69) is 38.7 Å². The fraction of sp³-hybridized carbons (Fsp3) is 0.235. The van der Waals surface area contributed by atoms with E-state index in [0.717, 1.165) is 35.2 Å². The van der Waals surface area contributed by atoms with Gasteiger partial charge in [-0.25, -0.2) is 0 Å². The van der Waals surface area contributed by atoms with Crippen LogP contribution in [-0.4, -0.2) is 12.5 Å². The van der Waals surface area contributed by atoms with Crippen molar-refractivity contribution in [2.45, 2.75) is 19.4 Å². The highest BCUT2D eigenvalue weighted by molar-refractivity contribution is 9.10. The van der Waals surface area contributed by atoms with E-state index in [0.29, 0.717) is 6.42 Å². The van der Waals surface area contributed by atoms with Gasteiger partial charge in [0.2, 0.25) is 5.91 Å². The smallest absolute Gasteiger partial charge is 0.228 e. The summed E-state index contributed by atoms with van der Waals surface area (Å²) in [5.41, 5.74) is 4.53. The van der Waals surface area contributed by atoms with Gasteiger partial charge in [-0.15, -0.1) is 0 Å². The van der Waals surface area contributed by atoms with Crippen LogP contribution in [-0.2, 0) is 24.2 Å². The number of hydrogen-bond donors (Lipinski definition) is 2. The van der Waals surface area contributed by atoms with Crippen molar-refractivity contribution in [3.63, 3.8) is 0 Å². The Labute approximate surface area is 132 Å². The number of rotatable bonds is 3. The lowest BCUT2D eigenvalue weighted by atomic mass is 10.0. The molecule has 0 spiro atoms. The molecule has 0 aromatic heterocycles. The first kappa shape index (κ1) is 14.3. The van der Waals surface area contributed by atoms with E-state index in [4.69, 9.17) is 0 Å². The summed E-state index contributed by atoms with van der Waals surface area (Å²) in [4.78, 5) is 12.1. The van der Waals surface area contributed by atoms with Gasteiger partial charge >= 0.3 is 0 Å². The SMILES string of the molecule is O=C(Cc1cccc(Br)c1)Nc1ccc2c(c1)CNCC2. The number of halogens is 1. The standard InChI is InChI=1S/C17H17BrN2O/c18-15-3-1-2-12(8-15)9-17(21)20-16-5-4-13-6-7-19-11-14(13)10-16/h1-5,8,10,19H,6-7,9,11H2,(H,20,21). The second-order valence-electron chi connectivity index (χ2n) is 5.27. The molecule has 1 amide bonds. The second-order valence-corrected chi connectivity index (χ2v) is 6.18. The lowest BCUT2D eigenvalue weighted by molar-refractivity contribution is -0.115. The van der Waals surface area contributed by atoms with Gasteiger partial charge in [0.15, 0.2) is 0 Å². The molecule has 0 radical (unpaired) electrons. The van der Waals surface area contributed by atoms with E-state index in [-0.39, 0.29) is 5.91 Å². The highest BCUT2D eigenvalue weighted by Gasteiger charge is 2.10. The highest BCUT2D eigenvalue weighted by Crippen LogP contribution is 2.19. The number of benzene rings is 2. The molecule has 1 heterocycles. The van der Waals surface area contributed by atoms with Gasteiger partial charge in [0, 0.05) is 16.7 Å². The topological polar surface area (TPSA) is 41.1 Å². The van der Waals surface area contributed by atoms with Crippen LogP contribution in [0.25, 0.3) is 0 Å². The number of nitrogens with one attached hydrogen (secondary N) is 2. The van der Waals surface area contributed by atoms with Crippen molar-refractivity contribution in [2.75, 3.05) is 11.9 Å². The normalized spacial score (nSPS) is 13.6. The van der Waals surface area contributed by atoms with Crippen LogP contribution in [0.3, 0.4) is 0 Å². The lowest BCUT2D eigenvalue weighted by Crippen LogP contribution is -2.24. The Morgan fingerprint density at radius 2 is 2.10 bits per heavy atom. The van der Waals surface area contributed by atoms with Crippen LogP contribution < -0.4 is 10.6 Å². The molecule has 3 nitrogen and oxygen atoms in total. The first-order chi connectivity index (χ1) is 10.2. The summed E-state index contributed by atoms with van der Waals surface area (Å²) in [5, 5.41) is 6.33. The quantitative estimate of drug-likeness (QED) is 0.897. The third-order valence-electron chi connectivity index (χ3n) is 3.63. The third-order valence-corrected chi connectivity index (χ3v) is 4.12. The molecule has 0 saturated carbocycles. The van der Waals surface area contributed by atoms with Gasteiger partial charge in [-0.05, 0) is 53.9 Å². The Hall–Kier alpha value is -1.65. The molecule has 0 fully saturated rings. The zero-order valence-corrected chi connectivity index (χ0v) is 13.2. The summed E-state index contributed by atoms with van der Waals surface area (Å²) in [7, 11) is 0. The molecule has 4 heteroatoms. The first-order valence-electron chi connectivity index (χ1n) is 7.07. The van der Waals surface area contributed by atoms with E-state index in [1.54, 1.807) is 0 Å². The van der Waals surface area contributed by atoms with Gasteiger partial charge in [0.05, 0.1) is 6.42 Å². The number of anilines is 1. The second kappa shape index (κ2) is 6.41. The maximum Gasteiger partial charge on any atom is 0.228 e. The minimum absolute atomic E-state index is 0.0109. The molecule has 21 heavy (non-hydrogen) atoms. The molecule has 1 aliphatic rings. The molecular formula is C17H17BrN2O. The van der Waals surface area contributed by atoms with E-state index in [1.807, 2.05) is 30.3 Å². The van der Waals surface area contributed by atoms with Gasteiger partial charge in [-0.1, -0.05) is 34.1 Å². The van der Waals surface area contributed by atoms with Crippen LogP contribution in [0.2, 0.25) is 0 Å². The molecule has 0 atom stereocenters. The predicted molar refractivity (Wildman–Crippen MR) is 88.3 cm³/mol. The van der Waals surface area contributed by atoms with Crippen LogP contribution in [0.1, 0.15) is 16.7 Å². The summed E-state index contributed by atoms with van der Waals surface area (Å²) >= 11 is 3.42. The van der Waals surface area contributed by atoms with E-state index in [1.165, 1.54) is 11.1 Å². The number of fused-ring (bicyclic) bond motifs is 1. The van der Waals surface area contributed by atoms with Crippen molar-refractivity contribution in [2.24, 2.45) is 0 Å². The summed E-state index contributed by atoms with van der Waals surface area (Å²) in [6.45, 7) is 1.91. The number of carbonyl (C=O) groups excluding carboxylic acids is 1. The van der Waals surface area contributed by atoms with Crippen LogP contribution in [0, 0.1) is 0 Å². The predicted octanol–water partition coefficient (Wildman–Crippen LogP) is 3.28. The zero-order chi connectivity index (χ0) is 14.7. The zero-order valence-electron chi connectivity index (χ0n) is 11.7. The Balaban J connectivity index is 1.67. The third kappa shape index (κ3) is 3.71. The summed E-state index contributed by atoms with van der Waals surface area (Å²) in [6.07, 6.45) is 1.44. The maximum absolute atomic E-state index is 12.1. The average molecular weight is 345 g/mol. The molecular weight excluding hydrogens is 328 g/mol. The molecule has 0 saturated heterocycles. The molecule has 2 aromatic carbocycles. The number of amides is 1. The molecule has 2 N–H and O–H groups in total. The molecule has 1 aliphatic heterocycles. The Morgan fingerprint density at radius 1 is 1.19 bits per heavy atom. The van der Waals surface area contributed by atoms with Crippen molar-refractivity contribution in [1.82, 2.24) is 5.32 Å². The van der Waals surface area contributed by atoms with Crippen LogP contribution in [0.4, 0.5) is 5.69 Å². The summed E-state index contributed by atoms with van der Waals surface area (Å²) < 4.78 is 0.993. The molecule has 0 unspecified atom stereocenters. The maximum atomic E-state index is 12.1. The van der Waals surface area contributed by atoms with Crippen molar-refractivity contribution in [3.8, 4) is 0 Å². The fourth-order valence-corrected chi connectivity index (χ4v) is 3.04. The van der Waals surface area contributed by atoms with Gasteiger partial charge < -0.3 is 10.6 Å². The minimum atomic E-state index is 0.0109. The molecule has 2 aromatic rings. The van der Waals surface area contributed by atoms with E-state index in [9.17, 15) is 4.79 Å². The van der Waals surface area contributed by atoms with Crippen LogP contribution in [0.15, 0.2) is 46.9 Å². The van der Waals surface area contributed by atoms with Gasteiger partial charge in [-0.3, -0.25) is 4.79 Å². The Kier molecular flexibility index (Phi) is 4.36. The lowest BCUT2D eigenvalue weighted by Gasteiger charge is -2.18. The number of carbonyl (C=O) groups is 1. The van der Waals surface area contributed by atoms with Crippen molar-refractivity contribution >= 4 is 27.5 Å². The van der Waals surface area contributed by atoms with Gasteiger partial charge in [-0.2, -0.15) is 0 Å². The Morgan fingerprint density at radius 3 is 2.95 bits per heavy atom. The summed E-state index contributed by atoms with van der Waals surface area (Å²) in [5.74, 6) is 0.0109. The first-order valence-corrected chi connectivity index (χ1v) is 7.87. The van der Waals surface area contributed by atoms with Gasteiger partial charge in [0.1, 0.15) is 0 Å². The molecule has 0 bridgehead atoms. The highest BCUT2D eigenvalue weighted by atomic mass is 79.9. The molecule has 3 rings (SSSR count). The fourth-order valence-electron chi connectivity index (χ4n) is 2.60. The average Bonchev–Trinajstić information content (AvgIpc) is 2.47. The van der Waals surface area contributed by atoms with Gasteiger partial charge in [0.25, 0.3) is 0 Å². The Bertz CT molecular complexity index is 670. The van der Waals surface area contributed by atoms with Crippen molar-refractivity contribution in [1.29, 1.82) is 0 Å². The van der Waals surface area contributed by atoms with Crippen LogP contribution >= 0.6 is 15.9 Å². The molecule has 108 valence electrons. The largest absolute Gasteiger partial charge is 0.326 e. The van der Waals surface area contributed by atoms with Crippen LogP contribution in [0.5, 0.6) is 0 Å². The van der Waals surface area contributed by atoms with E-state index >= 15 is 0 Å². The summed E-state index contributed by atoms with van der Waals surface area (Å²) in [6, 6.07) is 14.0.